The molecule has 0 radical (unpaired) electrons. The summed E-state index contributed by atoms with van der Waals surface area (Å²) in [6.45, 7) is 2.80. The second-order valence-electron chi connectivity index (χ2n) is 6.46. The number of nitrogens with one attached hydrogen (secondary N) is 1. The second kappa shape index (κ2) is 9.28. The lowest BCUT2D eigenvalue weighted by Crippen LogP contribution is -2.17. The minimum Gasteiger partial charge on any atom is -0.493 e. The molecule has 0 unspecified atom stereocenters. The van der Waals surface area contributed by atoms with E-state index >= 15 is 0 Å². The van der Waals surface area contributed by atoms with E-state index in [2.05, 4.69) is 10.2 Å². The van der Waals surface area contributed by atoms with Crippen LogP contribution in [-0.4, -0.2) is 41.7 Å². The molecule has 0 spiro atoms. The van der Waals surface area contributed by atoms with Crippen LogP contribution in [0.25, 0.3) is 10.9 Å². The summed E-state index contributed by atoms with van der Waals surface area (Å²) in [5, 5.41) is 18.3. The highest BCUT2D eigenvalue weighted by molar-refractivity contribution is 5.87. The molecule has 0 aliphatic carbocycles. The summed E-state index contributed by atoms with van der Waals surface area (Å²) in [4.78, 5) is 0. The molecule has 1 aromatic heterocycles. The van der Waals surface area contributed by atoms with Gasteiger partial charge < -0.3 is 19.3 Å². The molecule has 0 aliphatic rings. The van der Waals surface area contributed by atoms with Gasteiger partial charge >= 0.3 is 0 Å². The number of aromatic amines is 1. The first-order chi connectivity index (χ1) is 13.2. The third kappa shape index (κ3) is 4.92. The summed E-state index contributed by atoms with van der Waals surface area (Å²) in [6, 6.07) is 13.3. The van der Waals surface area contributed by atoms with Gasteiger partial charge in [0.2, 0.25) is 0 Å². The minimum absolute atomic E-state index is 0.261. The molecule has 3 rings (SSSR count). The maximum absolute atomic E-state index is 10.2. The molecule has 1 atom stereocenters. The van der Waals surface area contributed by atoms with Crippen LogP contribution in [0.5, 0.6) is 17.2 Å². The molecule has 2 aromatic carbocycles. The lowest BCUT2D eigenvalue weighted by atomic mass is 10.1. The van der Waals surface area contributed by atoms with Crippen molar-refractivity contribution in [3.63, 3.8) is 0 Å². The summed E-state index contributed by atoms with van der Waals surface area (Å²) in [5.41, 5.74) is 1.83. The van der Waals surface area contributed by atoms with Crippen molar-refractivity contribution in [1.82, 2.24) is 10.2 Å². The SMILES string of the molecule is COc1ccccc1OCCCC[C@H](O)COc1cccc2n[nH]c(C)c12. The molecule has 6 nitrogen and oxygen atoms in total. The van der Waals surface area contributed by atoms with Gasteiger partial charge in [0.1, 0.15) is 12.4 Å². The fourth-order valence-corrected chi connectivity index (χ4v) is 2.98. The highest BCUT2D eigenvalue weighted by Gasteiger charge is 2.11. The predicted molar refractivity (Wildman–Crippen MR) is 105 cm³/mol. The molecule has 0 fully saturated rings. The van der Waals surface area contributed by atoms with Crippen LogP contribution in [0, 0.1) is 6.92 Å². The van der Waals surface area contributed by atoms with E-state index < -0.39 is 6.10 Å². The highest BCUT2D eigenvalue weighted by atomic mass is 16.5. The van der Waals surface area contributed by atoms with Gasteiger partial charge in [-0.2, -0.15) is 5.10 Å². The fourth-order valence-electron chi connectivity index (χ4n) is 2.98. The van der Waals surface area contributed by atoms with Gasteiger partial charge in [0, 0.05) is 5.69 Å². The van der Waals surface area contributed by atoms with Gasteiger partial charge in [-0.15, -0.1) is 0 Å². The van der Waals surface area contributed by atoms with E-state index in [0.29, 0.717) is 13.0 Å². The number of nitrogens with zero attached hydrogens (tertiary/aromatic N) is 1. The van der Waals surface area contributed by atoms with Gasteiger partial charge in [0.15, 0.2) is 11.5 Å². The Bertz CT molecular complexity index is 862. The van der Waals surface area contributed by atoms with Crippen molar-refractivity contribution in [3.8, 4) is 17.2 Å². The number of hydrogen-bond donors (Lipinski definition) is 2. The van der Waals surface area contributed by atoms with Crippen LogP contribution in [0.1, 0.15) is 25.0 Å². The number of H-pyrrole nitrogens is 1. The summed E-state index contributed by atoms with van der Waals surface area (Å²) in [6.07, 6.45) is 1.86. The zero-order chi connectivity index (χ0) is 19.1. The Morgan fingerprint density at radius 1 is 1.00 bits per heavy atom. The number of benzene rings is 2. The number of fused-ring (bicyclic) bond motifs is 1. The van der Waals surface area contributed by atoms with Crippen molar-refractivity contribution in [2.45, 2.75) is 32.3 Å². The Labute approximate surface area is 159 Å². The van der Waals surface area contributed by atoms with E-state index in [4.69, 9.17) is 14.2 Å². The molecule has 0 bridgehead atoms. The van der Waals surface area contributed by atoms with Gasteiger partial charge in [-0.3, -0.25) is 5.10 Å². The third-order valence-corrected chi connectivity index (χ3v) is 4.41. The number of aromatic nitrogens is 2. The lowest BCUT2D eigenvalue weighted by molar-refractivity contribution is 0.0971. The number of ether oxygens (including phenoxy) is 3. The van der Waals surface area contributed by atoms with E-state index in [-0.39, 0.29) is 6.61 Å². The average Bonchev–Trinajstić information content (AvgIpc) is 3.08. The summed E-state index contributed by atoms with van der Waals surface area (Å²) >= 11 is 0. The van der Waals surface area contributed by atoms with Crippen molar-refractivity contribution >= 4 is 10.9 Å². The number of aliphatic hydroxyl groups is 1. The van der Waals surface area contributed by atoms with E-state index in [9.17, 15) is 5.11 Å². The van der Waals surface area contributed by atoms with Crippen molar-refractivity contribution < 1.29 is 19.3 Å². The van der Waals surface area contributed by atoms with Gasteiger partial charge in [0.25, 0.3) is 0 Å². The number of methoxy groups -OCH3 is 1. The number of hydrogen-bond acceptors (Lipinski definition) is 5. The van der Waals surface area contributed by atoms with Crippen LogP contribution in [0.15, 0.2) is 42.5 Å². The molecule has 0 saturated heterocycles. The number of aliphatic hydroxyl groups excluding tert-OH is 1. The molecule has 27 heavy (non-hydrogen) atoms. The minimum atomic E-state index is -0.515. The lowest BCUT2D eigenvalue weighted by Gasteiger charge is -2.14. The fraction of sp³-hybridized carbons (Fsp3) is 0.381. The number of unbranched alkanes of at least 4 members (excludes halogenated alkanes) is 1. The van der Waals surface area contributed by atoms with Crippen LogP contribution < -0.4 is 14.2 Å². The maximum atomic E-state index is 10.2. The third-order valence-electron chi connectivity index (χ3n) is 4.41. The zero-order valence-electron chi connectivity index (χ0n) is 15.8. The standard InChI is InChI=1S/C21H26N2O4/c1-15-21-17(23-22-15)9-7-12-20(21)27-14-16(24)8-5-6-13-26-19-11-4-3-10-18(19)25-2/h3-4,7,9-12,16,24H,5-6,8,13-14H2,1-2H3,(H,22,23)/t16-/m0/s1. The molecular weight excluding hydrogens is 344 g/mol. The van der Waals surface area contributed by atoms with Crippen LogP contribution in [0.2, 0.25) is 0 Å². The Balaban J connectivity index is 1.38. The van der Waals surface area contributed by atoms with E-state index in [0.717, 1.165) is 46.7 Å². The van der Waals surface area contributed by atoms with Crippen LogP contribution in [-0.2, 0) is 0 Å². The number of aryl methyl sites for hydroxylation is 1. The summed E-state index contributed by atoms with van der Waals surface area (Å²) in [5.74, 6) is 2.22. The smallest absolute Gasteiger partial charge is 0.161 e. The van der Waals surface area contributed by atoms with Gasteiger partial charge in [-0.05, 0) is 50.5 Å². The number of rotatable bonds is 10. The molecule has 144 valence electrons. The zero-order valence-corrected chi connectivity index (χ0v) is 15.8. The summed E-state index contributed by atoms with van der Waals surface area (Å²) in [7, 11) is 1.63. The molecule has 6 heteroatoms. The van der Waals surface area contributed by atoms with Gasteiger partial charge in [0.05, 0.1) is 30.7 Å². The Hall–Kier alpha value is -2.73. The second-order valence-corrected chi connectivity index (χ2v) is 6.46. The van der Waals surface area contributed by atoms with Crippen molar-refractivity contribution in [2.24, 2.45) is 0 Å². The van der Waals surface area contributed by atoms with Crippen LogP contribution in [0.3, 0.4) is 0 Å². The topological polar surface area (TPSA) is 76.6 Å². The molecule has 1 heterocycles. The first kappa shape index (κ1) is 19.0. The molecule has 3 aromatic rings. The van der Waals surface area contributed by atoms with Crippen molar-refractivity contribution in [1.29, 1.82) is 0 Å². The molecule has 0 amide bonds. The maximum Gasteiger partial charge on any atom is 0.161 e. The molecule has 0 aliphatic heterocycles. The Morgan fingerprint density at radius 2 is 1.78 bits per heavy atom. The quantitative estimate of drug-likeness (QED) is 0.530. The first-order valence-electron chi connectivity index (χ1n) is 9.19. The Morgan fingerprint density at radius 3 is 2.59 bits per heavy atom. The van der Waals surface area contributed by atoms with Crippen LogP contribution in [0.4, 0.5) is 0 Å². The highest BCUT2D eigenvalue weighted by Crippen LogP contribution is 2.27. The van der Waals surface area contributed by atoms with Crippen LogP contribution >= 0.6 is 0 Å². The van der Waals surface area contributed by atoms with E-state index in [1.165, 1.54) is 0 Å². The Kier molecular flexibility index (Phi) is 6.54. The van der Waals surface area contributed by atoms with Crippen molar-refractivity contribution in [3.05, 3.63) is 48.2 Å². The normalized spacial score (nSPS) is 12.1. The average molecular weight is 370 g/mol. The largest absolute Gasteiger partial charge is 0.493 e. The van der Waals surface area contributed by atoms with Gasteiger partial charge in [-0.25, -0.2) is 0 Å². The molecular formula is C21H26N2O4. The molecule has 0 saturated carbocycles. The van der Waals surface area contributed by atoms with Crippen molar-refractivity contribution in [2.75, 3.05) is 20.3 Å². The number of para-hydroxylation sites is 2. The predicted octanol–water partition coefficient (Wildman–Crippen LogP) is 3.87. The van der Waals surface area contributed by atoms with Gasteiger partial charge in [-0.1, -0.05) is 18.2 Å². The first-order valence-corrected chi connectivity index (χ1v) is 9.19. The molecule has 2 N–H and O–H groups in total. The monoisotopic (exact) mass is 370 g/mol. The summed E-state index contributed by atoms with van der Waals surface area (Å²) < 4.78 is 16.8. The van der Waals surface area contributed by atoms with E-state index in [1.54, 1.807) is 7.11 Å². The van der Waals surface area contributed by atoms with E-state index in [1.807, 2.05) is 49.4 Å².